The van der Waals surface area contributed by atoms with Gasteiger partial charge in [0.2, 0.25) is 0 Å². The third-order valence-electron chi connectivity index (χ3n) is 2.74. The van der Waals surface area contributed by atoms with Gasteiger partial charge >= 0.3 is 0 Å². The summed E-state index contributed by atoms with van der Waals surface area (Å²) in [5.41, 5.74) is 1.24. The summed E-state index contributed by atoms with van der Waals surface area (Å²) < 4.78 is 1.14. The van der Waals surface area contributed by atoms with E-state index in [0.717, 1.165) is 24.0 Å². The van der Waals surface area contributed by atoms with Crippen LogP contribution in [0.15, 0.2) is 28.7 Å². The zero-order valence-corrected chi connectivity index (χ0v) is 9.57. The minimum atomic E-state index is 0.307. The third-order valence-corrected chi connectivity index (χ3v) is 3.41. The number of para-hydroxylation sites is 1. The van der Waals surface area contributed by atoms with E-state index < -0.39 is 0 Å². The number of halogens is 1. The highest BCUT2D eigenvalue weighted by atomic mass is 79.9. The molecule has 1 aliphatic rings. The van der Waals surface area contributed by atoms with Crippen molar-refractivity contribution in [3.05, 3.63) is 28.7 Å². The summed E-state index contributed by atoms with van der Waals surface area (Å²) in [5, 5.41) is 9.06. The van der Waals surface area contributed by atoms with E-state index in [0.29, 0.717) is 12.5 Å². The van der Waals surface area contributed by atoms with Gasteiger partial charge in [-0.3, -0.25) is 0 Å². The SMILES string of the molecule is OCC1CCN(c2ccccc2Br)C1. The van der Waals surface area contributed by atoms with Gasteiger partial charge in [0.05, 0.1) is 5.69 Å². The van der Waals surface area contributed by atoms with Crippen LogP contribution < -0.4 is 4.90 Å². The van der Waals surface area contributed by atoms with Crippen molar-refractivity contribution >= 4 is 21.6 Å². The Hall–Kier alpha value is -0.540. The first kappa shape index (κ1) is 9.99. The maximum atomic E-state index is 9.06. The van der Waals surface area contributed by atoms with Crippen molar-refractivity contribution in [2.75, 3.05) is 24.6 Å². The normalized spacial score (nSPS) is 21.6. The minimum absolute atomic E-state index is 0.307. The van der Waals surface area contributed by atoms with E-state index in [1.54, 1.807) is 0 Å². The van der Waals surface area contributed by atoms with Gasteiger partial charge in [0.25, 0.3) is 0 Å². The summed E-state index contributed by atoms with van der Waals surface area (Å²) in [5.74, 6) is 0.446. The molecule has 76 valence electrons. The first-order valence-electron chi connectivity index (χ1n) is 4.91. The fraction of sp³-hybridized carbons (Fsp3) is 0.455. The molecule has 0 aromatic heterocycles. The summed E-state index contributed by atoms with van der Waals surface area (Å²) >= 11 is 3.54. The zero-order chi connectivity index (χ0) is 9.97. The van der Waals surface area contributed by atoms with Crippen molar-refractivity contribution in [3.8, 4) is 0 Å². The molecule has 0 aliphatic carbocycles. The van der Waals surface area contributed by atoms with Crippen molar-refractivity contribution in [1.82, 2.24) is 0 Å². The number of aliphatic hydroxyl groups excluding tert-OH is 1. The number of aliphatic hydroxyl groups is 1. The minimum Gasteiger partial charge on any atom is -0.396 e. The lowest BCUT2D eigenvalue weighted by Gasteiger charge is -2.19. The lowest BCUT2D eigenvalue weighted by Crippen LogP contribution is -2.20. The van der Waals surface area contributed by atoms with E-state index in [-0.39, 0.29) is 0 Å². The van der Waals surface area contributed by atoms with Crippen LogP contribution in [0.1, 0.15) is 6.42 Å². The molecule has 1 fully saturated rings. The maximum absolute atomic E-state index is 9.06. The van der Waals surface area contributed by atoms with Crippen LogP contribution in [0.3, 0.4) is 0 Å². The van der Waals surface area contributed by atoms with Crippen molar-refractivity contribution in [2.45, 2.75) is 6.42 Å². The fourth-order valence-corrected chi connectivity index (χ4v) is 2.44. The zero-order valence-electron chi connectivity index (χ0n) is 7.99. The monoisotopic (exact) mass is 255 g/mol. The molecule has 1 unspecified atom stereocenters. The first-order chi connectivity index (χ1) is 6.81. The van der Waals surface area contributed by atoms with Crippen molar-refractivity contribution in [2.24, 2.45) is 5.92 Å². The smallest absolute Gasteiger partial charge is 0.0510 e. The Morgan fingerprint density at radius 2 is 2.21 bits per heavy atom. The number of anilines is 1. The van der Waals surface area contributed by atoms with Gasteiger partial charge in [-0.15, -0.1) is 0 Å². The Bertz CT molecular complexity index is 316. The fourth-order valence-electron chi connectivity index (χ4n) is 1.91. The molecule has 1 aromatic rings. The van der Waals surface area contributed by atoms with Gasteiger partial charge in [0, 0.05) is 30.1 Å². The molecular formula is C11H14BrNO. The topological polar surface area (TPSA) is 23.5 Å². The molecule has 14 heavy (non-hydrogen) atoms. The molecule has 0 saturated carbocycles. The molecule has 0 spiro atoms. The number of benzene rings is 1. The van der Waals surface area contributed by atoms with Gasteiger partial charge in [0.15, 0.2) is 0 Å². The number of hydrogen-bond acceptors (Lipinski definition) is 2. The van der Waals surface area contributed by atoms with E-state index in [1.807, 2.05) is 12.1 Å². The van der Waals surface area contributed by atoms with E-state index in [1.165, 1.54) is 5.69 Å². The van der Waals surface area contributed by atoms with Crippen LogP contribution in [0.2, 0.25) is 0 Å². The molecular weight excluding hydrogens is 242 g/mol. The average Bonchev–Trinajstić information content (AvgIpc) is 2.67. The van der Waals surface area contributed by atoms with E-state index >= 15 is 0 Å². The van der Waals surface area contributed by atoms with Crippen LogP contribution in [-0.4, -0.2) is 24.8 Å². The second-order valence-corrected chi connectivity index (χ2v) is 4.59. The maximum Gasteiger partial charge on any atom is 0.0510 e. The van der Waals surface area contributed by atoms with E-state index in [4.69, 9.17) is 5.11 Å². The van der Waals surface area contributed by atoms with Gasteiger partial charge in [-0.05, 0) is 34.5 Å². The Balaban J connectivity index is 2.13. The highest BCUT2D eigenvalue weighted by Crippen LogP contribution is 2.30. The lowest BCUT2D eigenvalue weighted by molar-refractivity contribution is 0.238. The van der Waals surface area contributed by atoms with Crippen molar-refractivity contribution in [1.29, 1.82) is 0 Å². The molecule has 0 bridgehead atoms. The largest absolute Gasteiger partial charge is 0.396 e. The molecule has 1 saturated heterocycles. The van der Waals surface area contributed by atoms with Crippen LogP contribution in [0.25, 0.3) is 0 Å². The molecule has 0 radical (unpaired) electrons. The van der Waals surface area contributed by atoms with E-state index in [9.17, 15) is 0 Å². The summed E-state index contributed by atoms with van der Waals surface area (Å²) in [4.78, 5) is 2.32. The molecule has 3 heteroatoms. The van der Waals surface area contributed by atoms with Gasteiger partial charge in [-0.25, -0.2) is 0 Å². The number of rotatable bonds is 2. The van der Waals surface area contributed by atoms with Crippen LogP contribution in [0, 0.1) is 5.92 Å². The second-order valence-electron chi connectivity index (χ2n) is 3.73. The standard InChI is InChI=1S/C11H14BrNO/c12-10-3-1-2-4-11(10)13-6-5-9(7-13)8-14/h1-4,9,14H,5-8H2. The van der Waals surface area contributed by atoms with E-state index in [2.05, 4.69) is 33.0 Å². The third kappa shape index (κ3) is 1.93. The van der Waals surface area contributed by atoms with Crippen LogP contribution >= 0.6 is 15.9 Å². The molecule has 1 N–H and O–H groups in total. The first-order valence-corrected chi connectivity index (χ1v) is 5.71. The van der Waals surface area contributed by atoms with Crippen molar-refractivity contribution in [3.63, 3.8) is 0 Å². The summed E-state index contributed by atoms with van der Waals surface area (Å²) in [6.07, 6.45) is 1.10. The molecule has 1 aromatic carbocycles. The highest BCUT2D eigenvalue weighted by molar-refractivity contribution is 9.10. The van der Waals surface area contributed by atoms with Gasteiger partial charge in [0.1, 0.15) is 0 Å². The second kappa shape index (κ2) is 4.32. The highest BCUT2D eigenvalue weighted by Gasteiger charge is 2.22. The number of hydrogen-bond donors (Lipinski definition) is 1. The summed E-state index contributed by atoms with van der Waals surface area (Å²) in [6.45, 7) is 2.33. The predicted molar refractivity (Wildman–Crippen MR) is 61.5 cm³/mol. The molecule has 1 aliphatic heterocycles. The van der Waals surface area contributed by atoms with Crippen LogP contribution in [0.5, 0.6) is 0 Å². The van der Waals surface area contributed by atoms with Gasteiger partial charge in [-0.2, -0.15) is 0 Å². The van der Waals surface area contributed by atoms with Crippen LogP contribution in [0.4, 0.5) is 5.69 Å². The predicted octanol–water partition coefficient (Wildman–Crippen LogP) is 2.27. The van der Waals surface area contributed by atoms with Gasteiger partial charge in [-0.1, -0.05) is 12.1 Å². The number of nitrogens with zero attached hydrogens (tertiary/aromatic N) is 1. The quantitative estimate of drug-likeness (QED) is 0.877. The lowest BCUT2D eigenvalue weighted by atomic mass is 10.1. The Morgan fingerprint density at radius 3 is 2.86 bits per heavy atom. The molecule has 1 atom stereocenters. The van der Waals surface area contributed by atoms with Gasteiger partial charge < -0.3 is 10.0 Å². The molecule has 1 heterocycles. The Kier molecular flexibility index (Phi) is 3.08. The molecule has 0 amide bonds. The van der Waals surface area contributed by atoms with Crippen molar-refractivity contribution < 1.29 is 5.11 Å². The molecule has 2 rings (SSSR count). The molecule has 2 nitrogen and oxygen atoms in total. The van der Waals surface area contributed by atoms with Crippen LogP contribution in [-0.2, 0) is 0 Å². The Morgan fingerprint density at radius 1 is 1.43 bits per heavy atom. The summed E-state index contributed by atoms with van der Waals surface area (Å²) in [7, 11) is 0. The Labute approximate surface area is 92.7 Å². The average molecular weight is 256 g/mol. The summed E-state index contributed by atoms with van der Waals surface area (Å²) in [6, 6.07) is 8.24.